The Bertz CT molecular complexity index is 222. The van der Waals surface area contributed by atoms with Gasteiger partial charge in [0.15, 0.2) is 0 Å². The van der Waals surface area contributed by atoms with Crippen LogP contribution in [0.3, 0.4) is 0 Å². The molecule has 0 amide bonds. The van der Waals surface area contributed by atoms with E-state index in [0.717, 1.165) is 44.0 Å². The number of hydrogen-bond donors (Lipinski definition) is 2. The van der Waals surface area contributed by atoms with Gasteiger partial charge in [-0.3, -0.25) is 0 Å². The Balaban J connectivity index is 1.66. The van der Waals surface area contributed by atoms with E-state index < -0.39 is 0 Å². The smallest absolute Gasteiger partial charge is 0.0588 e. The third-order valence-corrected chi connectivity index (χ3v) is 4.72. The molecule has 0 aromatic heterocycles. The summed E-state index contributed by atoms with van der Waals surface area (Å²) < 4.78 is 5.59. The summed E-state index contributed by atoms with van der Waals surface area (Å²) >= 11 is 0. The molecule has 0 radical (unpaired) electrons. The van der Waals surface area contributed by atoms with Gasteiger partial charge in [0.25, 0.3) is 0 Å². The highest BCUT2D eigenvalue weighted by Crippen LogP contribution is 2.29. The average Bonchev–Trinajstić information content (AvgIpc) is 2.76. The van der Waals surface area contributed by atoms with E-state index in [1.807, 2.05) is 0 Å². The third kappa shape index (κ3) is 3.67. The highest BCUT2D eigenvalue weighted by molar-refractivity contribution is 4.80. The second-order valence-corrected chi connectivity index (χ2v) is 5.82. The van der Waals surface area contributed by atoms with Gasteiger partial charge in [-0.2, -0.15) is 0 Å². The molecule has 0 bridgehead atoms. The van der Waals surface area contributed by atoms with E-state index in [1.165, 1.54) is 32.1 Å². The van der Waals surface area contributed by atoms with E-state index in [1.54, 1.807) is 0 Å². The van der Waals surface area contributed by atoms with Gasteiger partial charge in [0, 0.05) is 13.2 Å². The number of ether oxygens (including phenoxy) is 1. The molecule has 2 fully saturated rings. The van der Waals surface area contributed by atoms with Crippen molar-refractivity contribution in [3.63, 3.8) is 0 Å². The SMILES string of the molecule is CC1OCCC1CNCC1CCCCC1CN. The Morgan fingerprint density at radius 3 is 2.41 bits per heavy atom. The van der Waals surface area contributed by atoms with Gasteiger partial charge in [-0.15, -0.1) is 0 Å². The first-order valence-electron chi connectivity index (χ1n) is 7.33. The second-order valence-electron chi connectivity index (χ2n) is 5.82. The fraction of sp³-hybridized carbons (Fsp3) is 1.00. The lowest BCUT2D eigenvalue weighted by atomic mass is 9.79. The number of nitrogens with two attached hydrogens (primary N) is 1. The third-order valence-electron chi connectivity index (χ3n) is 4.72. The predicted octanol–water partition coefficient (Wildman–Crippen LogP) is 1.77. The second kappa shape index (κ2) is 6.72. The number of rotatable bonds is 5. The zero-order valence-corrected chi connectivity index (χ0v) is 11.2. The number of nitrogens with one attached hydrogen (secondary N) is 1. The Morgan fingerprint density at radius 1 is 1.06 bits per heavy atom. The highest BCUT2D eigenvalue weighted by atomic mass is 16.5. The van der Waals surface area contributed by atoms with Gasteiger partial charge in [0.05, 0.1) is 6.10 Å². The molecule has 0 aromatic rings. The van der Waals surface area contributed by atoms with Gasteiger partial charge in [-0.1, -0.05) is 12.8 Å². The normalized spacial score (nSPS) is 38.5. The van der Waals surface area contributed by atoms with Crippen molar-refractivity contribution in [1.29, 1.82) is 0 Å². The van der Waals surface area contributed by atoms with Crippen molar-refractivity contribution in [2.75, 3.05) is 26.2 Å². The lowest BCUT2D eigenvalue weighted by Gasteiger charge is -2.31. The summed E-state index contributed by atoms with van der Waals surface area (Å²) in [4.78, 5) is 0. The topological polar surface area (TPSA) is 47.3 Å². The molecule has 17 heavy (non-hydrogen) atoms. The molecule has 4 atom stereocenters. The van der Waals surface area contributed by atoms with Crippen molar-refractivity contribution in [1.82, 2.24) is 5.32 Å². The predicted molar refractivity (Wildman–Crippen MR) is 70.9 cm³/mol. The van der Waals surface area contributed by atoms with E-state index in [9.17, 15) is 0 Å². The number of hydrogen-bond acceptors (Lipinski definition) is 3. The van der Waals surface area contributed by atoms with Gasteiger partial charge < -0.3 is 15.8 Å². The summed E-state index contributed by atoms with van der Waals surface area (Å²) in [5, 5.41) is 3.66. The van der Waals surface area contributed by atoms with Crippen molar-refractivity contribution >= 4 is 0 Å². The van der Waals surface area contributed by atoms with Gasteiger partial charge in [0.1, 0.15) is 0 Å². The summed E-state index contributed by atoms with van der Waals surface area (Å²) in [6.45, 7) is 6.29. The summed E-state index contributed by atoms with van der Waals surface area (Å²) in [5.74, 6) is 2.29. The molecule has 3 N–H and O–H groups in total. The maximum absolute atomic E-state index is 5.86. The van der Waals surface area contributed by atoms with Crippen LogP contribution in [-0.4, -0.2) is 32.3 Å². The Hall–Kier alpha value is -0.120. The van der Waals surface area contributed by atoms with Crippen LogP contribution in [0.4, 0.5) is 0 Å². The molecule has 1 aliphatic heterocycles. The molecule has 3 nitrogen and oxygen atoms in total. The van der Waals surface area contributed by atoms with Crippen molar-refractivity contribution in [3.8, 4) is 0 Å². The standard InChI is InChI=1S/C14H28N2O/c1-11-13(6-7-17-11)9-16-10-14-5-3-2-4-12(14)8-15/h11-14,16H,2-10,15H2,1H3. The van der Waals surface area contributed by atoms with E-state index in [2.05, 4.69) is 12.2 Å². The van der Waals surface area contributed by atoms with Gasteiger partial charge in [0.2, 0.25) is 0 Å². The minimum atomic E-state index is 0.444. The van der Waals surface area contributed by atoms with E-state index in [0.29, 0.717) is 6.10 Å². The van der Waals surface area contributed by atoms with Crippen molar-refractivity contribution in [2.24, 2.45) is 23.5 Å². The molecule has 0 aromatic carbocycles. The molecule has 2 rings (SSSR count). The van der Waals surface area contributed by atoms with Gasteiger partial charge in [-0.25, -0.2) is 0 Å². The molecule has 1 saturated heterocycles. The van der Waals surface area contributed by atoms with Crippen LogP contribution < -0.4 is 11.1 Å². The maximum atomic E-state index is 5.86. The maximum Gasteiger partial charge on any atom is 0.0588 e. The lowest BCUT2D eigenvalue weighted by molar-refractivity contribution is 0.104. The Morgan fingerprint density at radius 2 is 1.76 bits per heavy atom. The summed E-state index contributed by atoms with van der Waals surface area (Å²) in [6, 6.07) is 0. The van der Waals surface area contributed by atoms with Crippen LogP contribution in [-0.2, 0) is 4.74 Å². The molecular formula is C14H28N2O. The molecule has 1 saturated carbocycles. The van der Waals surface area contributed by atoms with E-state index in [-0.39, 0.29) is 0 Å². The van der Waals surface area contributed by atoms with Crippen molar-refractivity contribution < 1.29 is 4.74 Å². The highest BCUT2D eigenvalue weighted by Gasteiger charge is 2.26. The molecule has 4 unspecified atom stereocenters. The Kier molecular flexibility index (Phi) is 5.26. The molecule has 3 heteroatoms. The zero-order valence-electron chi connectivity index (χ0n) is 11.2. The lowest BCUT2D eigenvalue weighted by Crippen LogP contribution is -2.37. The fourth-order valence-corrected chi connectivity index (χ4v) is 3.36. The van der Waals surface area contributed by atoms with Gasteiger partial charge >= 0.3 is 0 Å². The first-order chi connectivity index (χ1) is 8.31. The van der Waals surface area contributed by atoms with Crippen molar-refractivity contribution in [2.45, 2.75) is 45.1 Å². The summed E-state index contributed by atoms with van der Waals surface area (Å²) in [6.07, 6.45) is 7.15. The van der Waals surface area contributed by atoms with Crippen LogP contribution in [0.5, 0.6) is 0 Å². The average molecular weight is 240 g/mol. The van der Waals surface area contributed by atoms with Crippen LogP contribution in [0.2, 0.25) is 0 Å². The minimum Gasteiger partial charge on any atom is -0.378 e. The van der Waals surface area contributed by atoms with E-state index >= 15 is 0 Å². The van der Waals surface area contributed by atoms with Gasteiger partial charge in [-0.05, 0) is 57.0 Å². The van der Waals surface area contributed by atoms with E-state index in [4.69, 9.17) is 10.5 Å². The van der Waals surface area contributed by atoms with Crippen LogP contribution >= 0.6 is 0 Å². The quantitative estimate of drug-likeness (QED) is 0.770. The fourth-order valence-electron chi connectivity index (χ4n) is 3.36. The Labute approximate surface area is 105 Å². The van der Waals surface area contributed by atoms with Crippen LogP contribution in [0.1, 0.15) is 39.0 Å². The molecule has 0 spiro atoms. The minimum absolute atomic E-state index is 0.444. The van der Waals surface area contributed by atoms with Crippen LogP contribution in [0, 0.1) is 17.8 Å². The van der Waals surface area contributed by atoms with Crippen molar-refractivity contribution in [3.05, 3.63) is 0 Å². The molecular weight excluding hydrogens is 212 g/mol. The summed E-state index contributed by atoms with van der Waals surface area (Å²) in [7, 11) is 0. The van der Waals surface area contributed by atoms with Crippen LogP contribution in [0.15, 0.2) is 0 Å². The molecule has 100 valence electrons. The first-order valence-corrected chi connectivity index (χ1v) is 7.33. The zero-order chi connectivity index (χ0) is 12.1. The molecule has 1 aliphatic carbocycles. The largest absolute Gasteiger partial charge is 0.378 e. The first kappa shape index (κ1) is 13.3. The van der Waals surface area contributed by atoms with Crippen LogP contribution in [0.25, 0.3) is 0 Å². The monoisotopic (exact) mass is 240 g/mol. The molecule has 1 heterocycles. The molecule has 2 aliphatic rings. The summed E-state index contributed by atoms with van der Waals surface area (Å²) in [5.41, 5.74) is 5.86.